The summed E-state index contributed by atoms with van der Waals surface area (Å²) < 4.78 is 11.2. The zero-order valence-corrected chi connectivity index (χ0v) is 11.8. The van der Waals surface area contributed by atoms with E-state index < -0.39 is 0 Å². The summed E-state index contributed by atoms with van der Waals surface area (Å²) in [6, 6.07) is 5.99. The van der Waals surface area contributed by atoms with Crippen LogP contribution in [0.1, 0.15) is 30.9 Å². The Bertz CT molecular complexity index is 827. The number of hydrogen-bond donors (Lipinski definition) is 1. The van der Waals surface area contributed by atoms with Gasteiger partial charge in [-0.2, -0.15) is 0 Å². The first-order valence-electron chi connectivity index (χ1n) is 6.91. The number of hydrogen-bond acceptors (Lipinski definition) is 4. The first-order chi connectivity index (χ1) is 9.72. The molecule has 0 bridgehead atoms. The third-order valence-electron chi connectivity index (χ3n) is 3.65. The maximum Gasteiger partial charge on any atom is 0.236 e. The summed E-state index contributed by atoms with van der Waals surface area (Å²) in [5.41, 5.74) is 4.40. The van der Waals surface area contributed by atoms with Crippen molar-refractivity contribution in [2.75, 3.05) is 0 Å². The average molecular weight is 270 g/mol. The molecule has 2 heterocycles. The summed E-state index contributed by atoms with van der Waals surface area (Å²) in [6.07, 6.45) is 5.04. The lowest BCUT2D eigenvalue weighted by Gasteiger charge is -2.06. The van der Waals surface area contributed by atoms with Crippen molar-refractivity contribution in [3.8, 4) is 0 Å². The first kappa shape index (κ1) is 12.8. The molecule has 0 aliphatic heterocycles. The molecule has 0 fully saturated rings. The lowest BCUT2D eigenvalue weighted by atomic mass is 10.0. The number of rotatable bonds is 3. The molecule has 2 aromatic heterocycles. The smallest absolute Gasteiger partial charge is 0.236 e. The van der Waals surface area contributed by atoms with Crippen LogP contribution in [0.2, 0.25) is 0 Å². The molecule has 4 heteroatoms. The topological polar surface area (TPSA) is 64.7 Å². The van der Waals surface area contributed by atoms with Crippen LogP contribution in [0.5, 0.6) is 0 Å². The quantitative estimate of drug-likeness (QED) is 0.584. The second kappa shape index (κ2) is 5.04. The molecular weight excluding hydrogens is 252 g/mol. The summed E-state index contributed by atoms with van der Waals surface area (Å²) in [7, 11) is 0. The number of benzene rings is 1. The van der Waals surface area contributed by atoms with E-state index in [1.807, 2.05) is 19.1 Å². The molecule has 0 unspecified atom stereocenters. The van der Waals surface area contributed by atoms with Gasteiger partial charge in [-0.3, -0.25) is 0 Å². The highest BCUT2D eigenvalue weighted by Gasteiger charge is 2.10. The lowest BCUT2D eigenvalue weighted by Crippen LogP contribution is -2.06. The van der Waals surface area contributed by atoms with Crippen LogP contribution in [0.3, 0.4) is 0 Å². The van der Waals surface area contributed by atoms with Crippen molar-refractivity contribution in [1.82, 2.24) is 0 Å². The van der Waals surface area contributed by atoms with E-state index >= 15 is 0 Å². The highest BCUT2D eigenvalue weighted by atomic mass is 16.3. The zero-order valence-electron chi connectivity index (χ0n) is 11.8. The number of nitrogens with two attached hydrogens (primary N) is 1. The maximum atomic E-state index is 5.70. The van der Waals surface area contributed by atoms with Gasteiger partial charge in [0.15, 0.2) is 0 Å². The molecular formula is C16H18N2O2. The van der Waals surface area contributed by atoms with Gasteiger partial charge in [0.1, 0.15) is 11.2 Å². The lowest BCUT2D eigenvalue weighted by molar-refractivity contribution is 0.533. The van der Waals surface area contributed by atoms with Crippen LogP contribution in [0.4, 0.5) is 0 Å². The van der Waals surface area contributed by atoms with Crippen LogP contribution in [-0.4, -0.2) is 0 Å². The summed E-state index contributed by atoms with van der Waals surface area (Å²) in [5.74, 6) is 5.36. The summed E-state index contributed by atoms with van der Waals surface area (Å²) in [6.45, 7) is 4.23. The molecule has 1 aromatic carbocycles. The number of fused-ring (bicyclic) bond motifs is 2. The molecule has 0 spiro atoms. The second-order valence-electron chi connectivity index (χ2n) is 5.11. The molecule has 0 radical (unpaired) electrons. The normalized spacial score (nSPS) is 12.6. The number of aryl methyl sites for hydroxylation is 2. The van der Waals surface area contributed by atoms with Gasteiger partial charge in [-0.05, 0) is 37.0 Å². The number of unbranched alkanes of at least 4 members (excludes halogenated alkanes) is 1. The number of furan rings is 1. The Morgan fingerprint density at radius 3 is 2.75 bits per heavy atom. The largest absolute Gasteiger partial charge is 0.464 e. The Balaban J connectivity index is 2.33. The fourth-order valence-corrected chi connectivity index (χ4v) is 2.52. The Labute approximate surface area is 116 Å². The van der Waals surface area contributed by atoms with Gasteiger partial charge in [0.2, 0.25) is 5.55 Å². The highest BCUT2D eigenvalue weighted by Crippen LogP contribution is 2.28. The monoisotopic (exact) mass is 270 g/mol. The van der Waals surface area contributed by atoms with Crippen LogP contribution in [0.15, 0.2) is 38.4 Å². The molecule has 0 aliphatic carbocycles. The fourth-order valence-electron chi connectivity index (χ4n) is 2.52. The average Bonchev–Trinajstić information content (AvgIpc) is 2.83. The Morgan fingerprint density at radius 1 is 1.15 bits per heavy atom. The second-order valence-corrected chi connectivity index (χ2v) is 5.11. The Morgan fingerprint density at radius 2 is 2.00 bits per heavy atom. The van der Waals surface area contributed by atoms with Gasteiger partial charge in [-0.25, -0.2) is 0 Å². The molecule has 0 aliphatic rings. The van der Waals surface area contributed by atoms with Crippen molar-refractivity contribution in [2.45, 2.75) is 33.1 Å². The van der Waals surface area contributed by atoms with E-state index in [4.69, 9.17) is 14.7 Å². The highest BCUT2D eigenvalue weighted by molar-refractivity contribution is 5.96. The van der Waals surface area contributed by atoms with Crippen LogP contribution in [-0.2, 0) is 6.42 Å². The van der Waals surface area contributed by atoms with E-state index in [-0.39, 0.29) is 0 Å². The third-order valence-corrected chi connectivity index (χ3v) is 3.65. The van der Waals surface area contributed by atoms with E-state index in [1.54, 1.807) is 6.26 Å². The molecule has 4 nitrogen and oxygen atoms in total. The molecule has 0 amide bonds. The first-order valence-corrected chi connectivity index (χ1v) is 6.91. The fraction of sp³-hybridized carbons (Fsp3) is 0.312. The van der Waals surface area contributed by atoms with Crippen molar-refractivity contribution in [3.63, 3.8) is 0 Å². The van der Waals surface area contributed by atoms with Gasteiger partial charge < -0.3 is 14.7 Å². The molecule has 20 heavy (non-hydrogen) atoms. The van der Waals surface area contributed by atoms with E-state index in [2.05, 4.69) is 18.1 Å². The van der Waals surface area contributed by atoms with E-state index in [9.17, 15) is 0 Å². The minimum Gasteiger partial charge on any atom is -0.464 e. The van der Waals surface area contributed by atoms with E-state index in [0.29, 0.717) is 5.55 Å². The van der Waals surface area contributed by atoms with Crippen LogP contribution >= 0.6 is 0 Å². The van der Waals surface area contributed by atoms with Gasteiger partial charge >= 0.3 is 0 Å². The summed E-state index contributed by atoms with van der Waals surface area (Å²) in [4.78, 5) is 0. The predicted molar refractivity (Wildman–Crippen MR) is 79.1 cm³/mol. The predicted octanol–water partition coefficient (Wildman–Crippen LogP) is 3.60. The van der Waals surface area contributed by atoms with Crippen LogP contribution < -0.4 is 11.4 Å². The number of nitrogens with zero attached hydrogens (tertiary/aromatic N) is 1. The van der Waals surface area contributed by atoms with E-state index in [1.165, 1.54) is 5.56 Å². The summed E-state index contributed by atoms with van der Waals surface area (Å²) in [5, 5.41) is 5.92. The SMILES string of the molecule is CCCCc1c/c(=N/N)oc2cc3occ(C)c3cc12. The van der Waals surface area contributed by atoms with Gasteiger partial charge in [-0.15, -0.1) is 5.10 Å². The van der Waals surface area contributed by atoms with Crippen LogP contribution in [0, 0.1) is 6.92 Å². The van der Waals surface area contributed by atoms with E-state index in [0.717, 1.165) is 46.8 Å². The molecule has 104 valence electrons. The van der Waals surface area contributed by atoms with Crippen LogP contribution in [0.25, 0.3) is 21.9 Å². The third kappa shape index (κ3) is 2.07. The summed E-state index contributed by atoms with van der Waals surface area (Å²) >= 11 is 0. The van der Waals surface area contributed by atoms with Crippen molar-refractivity contribution in [3.05, 3.63) is 41.1 Å². The Kier molecular flexibility index (Phi) is 3.22. The minimum absolute atomic E-state index is 0.450. The molecule has 0 saturated carbocycles. The standard InChI is InChI=1S/C16H18N2O2/c1-3-4-5-11-6-16(18-17)20-15-8-14-12(7-13(11)15)10(2)9-19-14/h6-9H,3-5,17H2,1-2H3/b18-16-. The zero-order chi connectivity index (χ0) is 14.1. The molecule has 0 atom stereocenters. The van der Waals surface area contributed by atoms with Gasteiger partial charge in [0.25, 0.3) is 0 Å². The van der Waals surface area contributed by atoms with Crippen molar-refractivity contribution < 1.29 is 8.83 Å². The van der Waals surface area contributed by atoms with Gasteiger partial charge in [0, 0.05) is 22.9 Å². The Hall–Kier alpha value is -2.23. The minimum atomic E-state index is 0.450. The maximum absolute atomic E-state index is 5.70. The van der Waals surface area contributed by atoms with Gasteiger partial charge in [0.05, 0.1) is 6.26 Å². The molecule has 3 aromatic rings. The molecule has 3 rings (SSSR count). The van der Waals surface area contributed by atoms with Crippen molar-refractivity contribution >= 4 is 21.9 Å². The molecule has 0 saturated heterocycles. The molecule has 2 N–H and O–H groups in total. The van der Waals surface area contributed by atoms with Crippen molar-refractivity contribution in [1.29, 1.82) is 0 Å². The van der Waals surface area contributed by atoms with Crippen molar-refractivity contribution in [2.24, 2.45) is 10.9 Å². The van der Waals surface area contributed by atoms with Gasteiger partial charge in [-0.1, -0.05) is 13.3 Å².